The number of fused-ring (bicyclic) bond motifs is 1. The third kappa shape index (κ3) is 2.07. The first-order chi connectivity index (χ1) is 8.09. The Kier molecular flexibility index (Phi) is 3.20. The van der Waals surface area contributed by atoms with Crippen molar-refractivity contribution in [1.29, 1.82) is 0 Å². The number of rotatable bonds is 3. The summed E-state index contributed by atoms with van der Waals surface area (Å²) in [5, 5.41) is 12.4. The van der Waals surface area contributed by atoms with E-state index in [0.717, 1.165) is 18.4 Å². The summed E-state index contributed by atoms with van der Waals surface area (Å²) in [6.45, 7) is 2.21. The van der Waals surface area contributed by atoms with Gasteiger partial charge in [0.1, 0.15) is 0 Å². The average Bonchev–Trinajstić information content (AvgIpc) is 2.33. The molecule has 2 N–H and O–H groups in total. The summed E-state index contributed by atoms with van der Waals surface area (Å²) in [6.07, 6.45) is 2.06. The number of hydrogen-bond acceptors (Lipinski definition) is 2. The van der Waals surface area contributed by atoms with Gasteiger partial charge < -0.3 is 10.4 Å². The Labute approximate surface area is 102 Å². The molecule has 1 aromatic rings. The van der Waals surface area contributed by atoms with Crippen molar-refractivity contribution in [2.75, 3.05) is 7.05 Å². The van der Waals surface area contributed by atoms with E-state index >= 15 is 0 Å². The largest absolute Gasteiger partial charge is 0.481 e. The van der Waals surface area contributed by atoms with Gasteiger partial charge in [-0.15, -0.1) is 0 Å². The normalized spacial score (nSPS) is 27.5. The van der Waals surface area contributed by atoms with Gasteiger partial charge in [-0.1, -0.05) is 31.2 Å². The monoisotopic (exact) mass is 233 g/mol. The zero-order valence-corrected chi connectivity index (χ0v) is 10.4. The molecule has 2 rings (SSSR count). The summed E-state index contributed by atoms with van der Waals surface area (Å²) in [4.78, 5) is 11.1. The lowest BCUT2D eigenvalue weighted by Gasteiger charge is -2.40. The quantitative estimate of drug-likeness (QED) is 0.843. The summed E-state index contributed by atoms with van der Waals surface area (Å²) >= 11 is 0. The molecule has 0 aromatic heterocycles. The molecular weight excluding hydrogens is 214 g/mol. The Balaban J connectivity index is 2.49. The van der Waals surface area contributed by atoms with E-state index in [1.54, 1.807) is 0 Å². The maximum absolute atomic E-state index is 11.1. The van der Waals surface area contributed by atoms with Crippen LogP contribution in [0.4, 0.5) is 0 Å². The van der Waals surface area contributed by atoms with Crippen molar-refractivity contribution in [1.82, 2.24) is 5.32 Å². The van der Waals surface area contributed by atoms with Gasteiger partial charge in [-0.2, -0.15) is 0 Å². The first-order valence-electron chi connectivity index (χ1n) is 6.09. The van der Waals surface area contributed by atoms with Gasteiger partial charge in [0.25, 0.3) is 0 Å². The van der Waals surface area contributed by atoms with Gasteiger partial charge in [-0.05, 0) is 36.9 Å². The number of nitrogens with one attached hydrogen (secondary N) is 1. The molecule has 1 aliphatic carbocycles. The number of carboxylic acid groups (broad SMARTS) is 1. The van der Waals surface area contributed by atoms with Crippen molar-refractivity contribution in [2.45, 2.75) is 37.6 Å². The molecule has 3 nitrogen and oxygen atoms in total. The van der Waals surface area contributed by atoms with Crippen LogP contribution in [0.3, 0.4) is 0 Å². The van der Waals surface area contributed by atoms with Crippen molar-refractivity contribution in [3.63, 3.8) is 0 Å². The van der Waals surface area contributed by atoms with Crippen LogP contribution in [0.25, 0.3) is 0 Å². The first-order valence-corrected chi connectivity index (χ1v) is 6.09. The Morgan fingerprint density at radius 2 is 2.24 bits per heavy atom. The highest BCUT2D eigenvalue weighted by atomic mass is 16.4. The molecule has 1 aliphatic rings. The Hall–Kier alpha value is -1.35. The molecule has 0 heterocycles. The molecular formula is C14H19NO2. The second kappa shape index (κ2) is 4.49. The summed E-state index contributed by atoms with van der Waals surface area (Å²) in [5.74, 6) is -0.231. The van der Waals surface area contributed by atoms with Crippen molar-refractivity contribution < 1.29 is 9.90 Å². The summed E-state index contributed by atoms with van der Waals surface area (Å²) in [5.41, 5.74) is 2.05. The Bertz CT molecular complexity index is 430. The lowest BCUT2D eigenvalue weighted by Crippen LogP contribution is -2.45. The highest BCUT2D eigenvalue weighted by molar-refractivity contribution is 5.69. The predicted octanol–water partition coefficient (Wildman–Crippen LogP) is 2.47. The minimum atomic E-state index is -0.747. The number of aliphatic carboxylic acids is 1. The average molecular weight is 233 g/mol. The summed E-state index contributed by atoms with van der Waals surface area (Å²) in [7, 11) is 1.86. The van der Waals surface area contributed by atoms with E-state index in [1.807, 2.05) is 19.2 Å². The maximum atomic E-state index is 11.1. The molecule has 0 bridgehead atoms. The molecule has 0 fully saturated rings. The van der Waals surface area contributed by atoms with Crippen LogP contribution in [-0.2, 0) is 10.3 Å². The minimum absolute atomic E-state index is 0.146. The molecule has 0 saturated heterocycles. The molecule has 0 amide bonds. The van der Waals surface area contributed by atoms with Gasteiger partial charge in [0.15, 0.2) is 0 Å². The fraction of sp³-hybridized carbons (Fsp3) is 0.500. The van der Waals surface area contributed by atoms with E-state index in [0.29, 0.717) is 5.92 Å². The molecule has 2 atom stereocenters. The Morgan fingerprint density at radius 3 is 2.88 bits per heavy atom. The molecule has 3 heteroatoms. The number of benzene rings is 1. The van der Waals surface area contributed by atoms with Crippen LogP contribution < -0.4 is 5.32 Å². The van der Waals surface area contributed by atoms with E-state index in [2.05, 4.69) is 24.4 Å². The summed E-state index contributed by atoms with van der Waals surface area (Å²) < 4.78 is 0. The maximum Gasteiger partial charge on any atom is 0.305 e. The highest BCUT2D eigenvalue weighted by Crippen LogP contribution is 2.42. The van der Waals surface area contributed by atoms with Crippen LogP contribution in [0.15, 0.2) is 24.3 Å². The van der Waals surface area contributed by atoms with Gasteiger partial charge in [0.05, 0.1) is 12.0 Å². The number of carbonyl (C=O) groups is 1. The van der Waals surface area contributed by atoms with Gasteiger partial charge in [0, 0.05) is 0 Å². The Morgan fingerprint density at radius 1 is 1.53 bits per heavy atom. The zero-order valence-electron chi connectivity index (χ0n) is 10.4. The predicted molar refractivity (Wildman–Crippen MR) is 67.1 cm³/mol. The first kappa shape index (κ1) is 12.1. The van der Waals surface area contributed by atoms with E-state index in [4.69, 9.17) is 5.11 Å². The van der Waals surface area contributed by atoms with E-state index in [9.17, 15) is 4.79 Å². The van der Waals surface area contributed by atoms with E-state index < -0.39 is 11.5 Å². The second-order valence-electron chi connectivity index (χ2n) is 4.93. The van der Waals surface area contributed by atoms with Crippen LogP contribution >= 0.6 is 0 Å². The third-order valence-corrected chi connectivity index (χ3v) is 3.94. The van der Waals surface area contributed by atoms with Crippen molar-refractivity contribution >= 4 is 5.97 Å². The van der Waals surface area contributed by atoms with Gasteiger partial charge in [-0.3, -0.25) is 4.79 Å². The van der Waals surface area contributed by atoms with Gasteiger partial charge in [0.2, 0.25) is 0 Å². The second-order valence-corrected chi connectivity index (χ2v) is 4.93. The molecule has 0 radical (unpaired) electrons. The fourth-order valence-electron chi connectivity index (χ4n) is 2.91. The van der Waals surface area contributed by atoms with E-state index in [-0.39, 0.29) is 6.42 Å². The van der Waals surface area contributed by atoms with Crippen LogP contribution in [0.1, 0.15) is 43.2 Å². The summed E-state index contributed by atoms with van der Waals surface area (Å²) in [6, 6.07) is 8.20. The van der Waals surface area contributed by atoms with Crippen LogP contribution in [0.5, 0.6) is 0 Å². The molecule has 1 aromatic carbocycles. The molecule has 0 aliphatic heterocycles. The van der Waals surface area contributed by atoms with Crippen LogP contribution in [0, 0.1) is 0 Å². The lowest BCUT2D eigenvalue weighted by atomic mass is 9.71. The fourth-order valence-corrected chi connectivity index (χ4v) is 2.91. The van der Waals surface area contributed by atoms with Gasteiger partial charge >= 0.3 is 5.97 Å². The van der Waals surface area contributed by atoms with E-state index in [1.165, 1.54) is 5.56 Å². The standard InChI is InChI=1S/C14H19NO2/c1-10-7-8-14(15-2,9-13(16)17)12-6-4-3-5-11(10)12/h3-6,10,15H,7-9H2,1-2H3,(H,16,17). The smallest absolute Gasteiger partial charge is 0.305 e. The van der Waals surface area contributed by atoms with Crippen molar-refractivity contribution in [2.24, 2.45) is 0 Å². The number of carboxylic acids is 1. The van der Waals surface area contributed by atoms with Gasteiger partial charge in [-0.25, -0.2) is 0 Å². The van der Waals surface area contributed by atoms with Crippen molar-refractivity contribution in [3.8, 4) is 0 Å². The zero-order chi connectivity index (χ0) is 12.5. The SMILES string of the molecule is CNC1(CC(=O)O)CCC(C)c2ccccc21. The van der Waals surface area contributed by atoms with Crippen LogP contribution in [-0.4, -0.2) is 18.1 Å². The molecule has 0 spiro atoms. The third-order valence-electron chi connectivity index (χ3n) is 3.94. The minimum Gasteiger partial charge on any atom is -0.481 e. The molecule has 0 saturated carbocycles. The van der Waals surface area contributed by atoms with Crippen molar-refractivity contribution in [3.05, 3.63) is 35.4 Å². The lowest BCUT2D eigenvalue weighted by molar-refractivity contribution is -0.139. The highest BCUT2D eigenvalue weighted by Gasteiger charge is 2.38. The molecule has 92 valence electrons. The topological polar surface area (TPSA) is 49.3 Å². The molecule has 2 unspecified atom stereocenters. The van der Waals surface area contributed by atoms with Crippen LogP contribution in [0.2, 0.25) is 0 Å². The number of hydrogen-bond donors (Lipinski definition) is 2. The molecule has 17 heavy (non-hydrogen) atoms.